The van der Waals surface area contributed by atoms with Crippen molar-refractivity contribution in [3.8, 4) is 0 Å². The maximum Gasteiger partial charge on any atom is 0.258 e. The van der Waals surface area contributed by atoms with Crippen molar-refractivity contribution < 1.29 is 9.90 Å². The van der Waals surface area contributed by atoms with Gasteiger partial charge in [-0.15, -0.1) is 0 Å². The maximum atomic E-state index is 12.5. The molecule has 1 aliphatic heterocycles. The summed E-state index contributed by atoms with van der Waals surface area (Å²) in [6.45, 7) is 0.613. The van der Waals surface area contributed by atoms with Gasteiger partial charge in [-0.2, -0.15) is 0 Å². The summed E-state index contributed by atoms with van der Waals surface area (Å²) >= 11 is 0. The average Bonchev–Trinajstić information content (AvgIpc) is 2.79. The lowest BCUT2D eigenvalue weighted by Crippen LogP contribution is -2.24. The first kappa shape index (κ1) is 13.6. The van der Waals surface area contributed by atoms with E-state index in [0.717, 1.165) is 22.4 Å². The second kappa shape index (κ2) is 5.94. The lowest BCUT2D eigenvalue weighted by molar-refractivity contribution is 0.0844. The normalized spacial score (nSPS) is 15.6. The van der Waals surface area contributed by atoms with Crippen molar-refractivity contribution in [2.45, 2.75) is 6.42 Å². The number of carbonyl (C=O) groups is 1. The van der Waals surface area contributed by atoms with Gasteiger partial charge >= 0.3 is 0 Å². The van der Waals surface area contributed by atoms with Crippen LogP contribution in [0, 0.1) is 0 Å². The molecule has 106 valence electrons. The predicted octanol–water partition coefficient (Wildman–Crippen LogP) is 3.02. The minimum atomic E-state index is 0.0150. The van der Waals surface area contributed by atoms with Gasteiger partial charge in [0.25, 0.3) is 5.91 Å². The Morgan fingerprint density at radius 2 is 1.62 bits per heavy atom. The first-order chi connectivity index (χ1) is 10.3. The lowest BCUT2D eigenvalue weighted by Gasteiger charge is -2.18. The van der Waals surface area contributed by atoms with Crippen LogP contribution in [0.2, 0.25) is 0 Å². The summed E-state index contributed by atoms with van der Waals surface area (Å²) in [7, 11) is 0. The molecule has 0 unspecified atom stereocenters. The van der Waals surface area contributed by atoms with Gasteiger partial charge in [0.2, 0.25) is 0 Å². The van der Waals surface area contributed by atoms with Crippen LogP contribution in [0.5, 0.6) is 0 Å². The Hall–Kier alpha value is -2.39. The first-order valence-electron chi connectivity index (χ1n) is 7.10. The van der Waals surface area contributed by atoms with Crippen LogP contribution in [0.15, 0.2) is 54.6 Å². The van der Waals surface area contributed by atoms with Gasteiger partial charge in [0, 0.05) is 24.3 Å². The molecular formula is C18H17NO2. The number of rotatable bonds is 4. The molecule has 0 bridgehead atoms. The van der Waals surface area contributed by atoms with E-state index in [4.69, 9.17) is 5.11 Å². The highest BCUT2D eigenvalue weighted by molar-refractivity contribution is 6.11. The van der Waals surface area contributed by atoms with E-state index in [1.54, 1.807) is 4.90 Å². The number of amides is 1. The minimum Gasteiger partial charge on any atom is -0.396 e. The van der Waals surface area contributed by atoms with E-state index < -0.39 is 0 Å². The molecule has 2 aromatic rings. The van der Waals surface area contributed by atoms with E-state index in [1.807, 2.05) is 60.7 Å². The molecule has 3 rings (SSSR count). The van der Waals surface area contributed by atoms with Crippen molar-refractivity contribution in [2.75, 3.05) is 13.2 Å². The SMILES string of the molecule is O=C1c2ccccc2C(=Cc2ccccc2)N1CCCO. The van der Waals surface area contributed by atoms with Crippen molar-refractivity contribution in [3.63, 3.8) is 0 Å². The van der Waals surface area contributed by atoms with Crippen LogP contribution in [0.3, 0.4) is 0 Å². The Bertz CT molecular complexity index is 677. The minimum absolute atomic E-state index is 0.0150. The summed E-state index contributed by atoms with van der Waals surface area (Å²) in [5.41, 5.74) is 3.67. The highest BCUT2D eigenvalue weighted by atomic mass is 16.3. The predicted molar refractivity (Wildman–Crippen MR) is 83.5 cm³/mol. The average molecular weight is 279 g/mol. The zero-order valence-electron chi connectivity index (χ0n) is 11.7. The van der Waals surface area contributed by atoms with Crippen molar-refractivity contribution in [3.05, 3.63) is 71.3 Å². The molecule has 2 aromatic carbocycles. The van der Waals surface area contributed by atoms with Crippen molar-refractivity contribution in [1.82, 2.24) is 4.90 Å². The smallest absolute Gasteiger partial charge is 0.258 e. The summed E-state index contributed by atoms with van der Waals surface area (Å²) < 4.78 is 0. The molecule has 0 saturated carbocycles. The molecule has 0 radical (unpaired) electrons. The van der Waals surface area contributed by atoms with E-state index in [9.17, 15) is 4.79 Å². The molecular weight excluding hydrogens is 262 g/mol. The second-order valence-electron chi connectivity index (χ2n) is 5.02. The highest BCUT2D eigenvalue weighted by Gasteiger charge is 2.31. The maximum absolute atomic E-state index is 12.5. The third-order valence-corrected chi connectivity index (χ3v) is 3.61. The lowest BCUT2D eigenvalue weighted by atomic mass is 10.1. The van der Waals surface area contributed by atoms with Crippen LogP contribution in [-0.2, 0) is 0 Å². The standard InChI is InChI=1S/C18H17NO2/c20-12-6-11-19-17(13-14-7-2-1-3-8-14)15-9-4-5-10-16(15)18(19)21/h1-5,7-10,13,20H,6,11-12H2. The molecule has 3 heteroatoms. The molecule has 21 heavy (non-hydrogen) atoms. The molecule has 1 amide bonds. The largest absolute Gasteiger partial charge is 0.396 e. The Morgan fingerprint density at radius 1 is 0.952 bits per heavy atom. The third-order valence-electron chi connectivity index (χ3n) is 3.61. The Morgan fingerprint density at radius 3 is 2.33 bits per heavy atom. The zero-order chi connectivity index (χ0) is 14.7. The summed E-state index contributed by atoms with van der Waals surface area (Å²) in [6.07, 6.45) is 2.60. The molecule has 0 saturated heterocycles. The van der Waals surface area contributed by atoms with Crippen molar-refractivity contribution in [2.24, 2.45) is 0 Å². The van der Waals surface area contributed by atoms with Crippen LogP contribution in [-0.4, -0.2) is 29.1 Å². The van der Waals surface area contributed by atoms with Gasteiger partial charge in [-0.05, 0) is 24.1 Å². The number of carbonyl (C=O) groups excluding carboxylic acids is 1. The van der Waals surface area contributed by atoms with E-state index in [2.05, 4.69) is 0 Å². The van der Waals surface area contributed by atoms with E-state index in [0.29, 0.717) is 13.0 Å². The van der Waals surface area contributed by atoms with Gasteiger partial charge in [-0.1, -0.05) is 48.5 Å². The number of nitrogens with zero attached hydrogens (tertiary/aromatic N) is 1. The molecule has 0 aromatic heterocycles. The third kappa shape index (κ3) is 2.60. The molecule has 3 nitrogen and oxygen atoms in total. The van der Waals surface area contributed by atoms with Crippen LogP contribution in [0.25, 0.3) is 11.8 Å². The first-order valence-corrected chi connectivity index (χ1v) is 7.10. The highest BCUT2D eigenvalue weighted by Crippen LogP contribution is 2.34. The fourth-order valence-electron chi connectivity index (χ4n) is 2.61. The van der Waals surface area contributed by atoms with E-state index in [1.165, 1.54) is 0 Å². The summed E-state index contributed by atoms with van der Waals surface area (Å²) in [4.78, 5) is 14.3. The number of benzene rings is 2. The molecule has 0 aliphatic carbocycles. The number of aliphatic hydroxyl groups excluding tert-OH is 1. The van der Waals surface area contributed by atoms with Crippen molar-refractivity contribution in [1.29, 1.82) is 0 Å². The Balaban J connectivity index is 2.05. The second-order valence-corrected chi connectivity index (χ2v) is 5.02. The number of fused-ring (bicyclic) bond motifs is 1. The van der Waals surface area contributed by atoms with Crippen LogP contribution in [0.4, 0.5) is 0 Å². The van der Waals surface area contributed by atoms with Gasteiger partial charge < -0.3 is 10.0 Å². The number of hydrogen-bond acceptors (Lipinski definition) is 2. The monoisotopic (exact) mass is 279 g/mol. The van der Waals surface area contributed by atoms with E-state index >= 15 is 0 Å². The van der Waals surface area contributed by atoms with Gasteiger partial charge in [0.1, 0.15) is 0 Å². The summed E-state index contributed by atoms with van der Waals surface area (Å²) in [6, 6.07) is 17.6. The zero-order valence-corrected chi connectivity index (χ0v) is 11.7. The number of hydrogen-bond donors (Lipinski definition) is 1. The fraction of sp³-hybridized carbons (Fsp3) is 0.167. The number of aliphatic hydroxyl groups is 1. The molecule has 0 atom stereocenters. The van der Waals surface area contributed by atoms with Gasteiger partial charge in [-0.3, -0.25) is 4.79 Å². The van der Waals surface area contributed by atoms with Gasteiger partial charge in [-0.25, -0.2) is 0 Å². The molecule has 1 heterocycles. The van der Waals surface area contributed by atoms with Crippen LogP contribution < -0.4 is 0 Å². The quantitative estimate of drug-likeness (QED) is 0.934. The Labute approximate surface area is 124 Å². The van der Waals surface area contributed by atoms with Crippen molar-refractivity contribution >= 4 is 17.7 Å². The molecule has 1 aliphatic rings. The Kier molecular flexibility index (Phi) is 3.84. The molecule has 0 spiro atoms. The van der Waals surface area contributed by atoms with Crippen LogP contribution >= 0.6 is 0 Å². The molecule has 0 fully saturated rings. The van der Waals surface area contributed by atoms with E-state index in [-0.39, 0.29) is 12.5 Å². The van der Waals surface area contributed by atoms with Gasteiger partial charge in [0.05, 0.1) is 5.70 Å². The fourth-order valence-corrected chi connectivity index (χ4v) is 2.61. The molecule has 1 N–H and O–H groups in total. The topological polar surface area (TPSA) is 40.5 Å². The van der Waals surface area contributed by atoms with Gasteiger partial charge in [0.15, 0.2) is 0 Å². The van der Waals surface area contributed by atoms with Crippen LogP contribution in [0.1, 0.15) is 27.9 Å². The summed E-state index contributed by atoms with van der Waals surface area (Å²) in [5, 5.41) is 9.05. The summed E-state index contributed by atoms with van der Waals surface area (Å²) in [5.74, 6) is 0.0150.